The van der Waals surface area contributed by atoms with Crippen LogP contribution in [0.15, 0.2) is 42.9 Å². The molecule has 0 radical (unpaired) electrons. The van der Waals surface area contributed by atoms with Crippen LogP contribution in [0.5, 0.6) is 0 Å². The van der Waals surface area contributed by atoms with Crippen LogP contribution in [0.25, 0.3) is 10.9 Å². The minimum absolute atomic E-state index is 0.0841. The van der Waals surface area contributed by atoms with E-state index >= 15 is 0 Å². The second kappa shape index (κ2) is 6.90. The molecule has 1 aliphatic heterocycles. The van der Waals surface area contributed by atoms with Gasteiger partial charge in [0.05, 0.1) is 31.0 Å². The summed E-state index contributed by atoms with van der Waals surface area (Å²) in [7, 11) is 0. The number of halogens is 1. The van der Waals surface area contributed by atoms with Gasteiger partial charge in [-0.2, -0.15) is 5.10 Å². The molecule has 1 aliphatic rings. The van der Waals surface area contributed by atoms with Crippen molar-refractivity contribution in [2.24, 2.45) is 0 Å². The average molecular weight is 340 g/mol. The SMILES string of the molecule is Cc1cnn(C[C@H]2CN(Cc3cc(F)cc4cccnc34)CCO2)c1. The van der Waals surface area contributed by atoms with Crippen molar-refractivity contribution in [2.75, 3.05) is 19.7 Å². The maximum Gasteiger partial charge on any atom is 0.124 e. The zero-order valence-electron chi connectivity index (χ0n) is 14.2. The van der Waals surface area contributed by atoms with E-state index in [0.717, 1.165) is 41.7 Å². The molecule has 130 valence electrons. The zero-order chi connectivity index (χ0) is 17.2. The minimum Gasteiger partial charge on any atom is -0.374 e. The first-order valence-corrected chi connectivity index (χ1v) is 8.53. The van der Waals surface area contributed by atoms with Gasteiger partial charge in [0.25, 0.3) is 0 Å². The van der Waals surface area contributed by atoms with E-state index in [0.29, 0.717) is 13.2 Å². The fourth-order valence-electron chi connectivity index (χ4n) is 3.40. The largest absolute Gasteiger partial charge is 0.374 e. The van der Waals surface area contributed by atoms with Gasteiger partial charge in [0.1, 0.15) is 5.82 Å². The lowest BCUT2D eigenvalue weighted by Gasteiger charge is -2.33. The summed E-state index contributed by atoms with van der Waals surface area (Å²) in [5.74, 6) is -0.215. The Kier molecular flexibility index (Phi) is 4.46. The van der Waals surface area contributed by atoms with E-state index in [4.69, 9.17) is 4.74 Å². The molecule has 4 rings (SSSR count). The van der Waals surface area contributed by atoms with Gasteiger partial charge in [-0.05, 0) is 36.2 Å². The summed E-state index contributed by atoms with van der Waals surface area (Å²) < 4.78 is 21.7. The monoisotopic (exact) mass is 340 g/mol. The Labute approximate surface area is 146 Å². The summed E-state index contributed by atoms with van der Waals surface area (Å²) in [4.78, 5) is 6.74. The van der Waals surface area contributed by atoms with Gasteiger partial charge in [-0.1, -0.05) is 6.07 Å². The molecule has 0 N–H and O–H groups in total. The van der Waals surface area contributed by atoms with Gasteiger partial charge in [-0.3, -0.25) is 14.6 Å². The molecule has 1 fully saturated rings. The molecule has 0 bridgehead atoms. The molecular formula is C19H21FN4O. The van der Waals surface area contributed by atoms with E-state index in [1.165, 1.54) is 6.07 Å². The highest BCUT2D eigenvalue weighted by Crippen LogP contribution is 2.21. The Balaban J connectivity index is 1.49. The van der Waals surface area contributed by atoms with E-state index in [2.05, 4.69) is 15.0 Å². The van der Waals surface area contributed by atoms with Crippen LogP contribution in [-0.4, -0.2) is 45.5 Å². The second-order valence-electron chi connectivity index (χ2n) is 6.61. The predicted octanol–water partition coefficient (Wildman–Crippen LogP) is 2.78. The number of fused-ring (bicyclic) bond motifs is 1. The van der Waals surface area contributed by atoms with E-state index in [1.54, 1.807) is 12.3 Å². The molecule has 1 saturated heterocycles. The van der Waals surface area contributed by atoms with Crippen LogP contribution in [0.1, 0.15) is 11.1 Å². The number of hydrogen-bond acceptors (Lipinski definition) is 4. The van der Waals surface area contributed by atoms with Crippen molar-refractivity contribution in [3.63, 3.8) is 0 Å². The Morgan fingerprint density at radius 1 is 1.36 bits per heavy atom. The van der Waals surface area contributed by atoms with Crippen LogP contribution >= 0.6 is 0 Å². The lowest BCUT2D eigenvalue weighted by atomic mass is 10.1. The molecule has 0 amide bonds. The van der Waals surface area contributed by atoms with Crippen LogP contribution in [0.3, 0.4) is 0 Å². The Bertz CT molecular complexity index is 879. The van der Waals surface area contributed by atoms with Crippen LogP contribution in [0, 0.1) is 12.7 Å². The highest BCUT2D eigenvalue weighted by molar-refractivity contribution is 5.81. The summed E-state index contributed by atoms with van der Waals surface area (Å²) in [5.41, 5.74) is 2.94. The zero-order valence-corrected chi connectivity index (χ0v) is 14.2. The fourth-order valence-corrected chi connectivity index (χ4v) is 3.40. The molecule has 0 aliphatic carbocycles. The van der Waals surface area contributed by atoms with Crippen molar-refractivity contribution in [1.82, 2.24) is 19.7 Å². The number of nitrogens with zero attached hydrogens (tertiary/aromatic N) is 4. The van der Waals surface area contributed by atoms with Crippen molar-refractivity contribution in [1.29, 1.82) is 0 Å². The molecule has 0 unspecified atom stereocenters. The Morgan fingerprint density at radius 2 is 2.28 bits per heavy atom. The van der Waals surface area contributed by atoms with Crippen molar-refractivity contribution in [3.8, 4) is 0 Å². The first kappa shape index (κ1) is 16.2. The third-order valence-electron chi connectivity index (χ3n) is 4.52. The summed E-state index contributed by atoms with van der Waals surface area (Å²) in [6, 6.07) is 6.87. The number of morpholine rings is 1. The van der Waals surface area contributed by atoms with Gasteiger partial charge in [0.2, 0.25) is 0 Å². The summed E-state index contributed by atoms with van der Waals surface area (Å²) >= 11 is 0. The molecule has 0 spiro atoms. The molecule has 3 aromatic rings. The maximum atomic E-state index is 13.9. The highest BCUT2D eigenvalue weighted by Gasteiger charge is 2.22. The minimum atomic E-state index is -0.215. The third kappa shape index (κ3) is 3.70. The Hall–Kier alpha value is -2.31. The smallest absolute Gasteiger partial charge is 0.124 e. The normalized spacial score (nSPS) is 18.7. The lowest BCUT2D eigenvalue weighted by molar-refractivity contribution is -0.0401. The lowest BCUT2D eigenvalue weighted by Crippen LogP contribution is -2.43. The summed E-state index contributed by atoms with van der Waals surface area (Å²) in [6.07, 6.45) is 5.71. The van der Waals surface area contributed by atoms with Gasteiger partial charge in [0.15, 0.2) is 0 Å². The number of ether oxygens (including phenoxy) is 1. The van der Waals surface area contributed by atoms with Gasteiger partial charge in [-0.15, -0.1) is 0 Å². The van der Waals surface area contributed by atoms with E-state index in [9.17, 15) is 4.39 Å². The topological polar surface area (TPSA) is 43.2 Å². The fraction of sp³-hybridized carbons (Fsp3) is 0.368. The molecule has 25 heavy (non-hydrogen) atoms. The van der Waals surface area contributed by atoms with E-state index in [-0.39, 0.29) is 11.9 Å². The first-order chi connectivity index (χ1) is 12.2. The summed E-state index contributed by atoms with van der Waals surface area (Å²) in [5, 5.41) is 5.17. The van der Waals surface area contributed by atoms with Gasteiger partial charge < -0.3 is 4.74 Å². The van der Waals surface area contributed by atoms with Crippen LogP contribution in [0.2, 0.25) is 0 Å². The van der Waals surface area contributed by atoms with E-state index in [1.807, 2.05) is 36.1 Å². The van der Waals surface area contributed by atoms with Crippen molar-refractivity contribution in [2.45, 2.75) is 26.1 Å². The third-order valence-corrected chi connectivity index (χ3v) is 4.52. The van der Waals surface area contributed by atoms with Crippen molar-refractivity contribution in [3.05, 3.63) is 59.8 Å². The van der Waals surface area contributed by atoms with Gasteiger partial charge >= 0.3 is 0 Å². The highest BCUT2D eigenvalue weighted by atomic mass is 19.1. The molecule has 1 atom stereocenters. The molecule has 2 aromatic heterocycles. The van der Waals surface area contributed by atoms with E-state index < -0.39 is 0 Å². The van der Waals surface area contributed by atoms with Gasteiger partial charge in [0, 0.05) is 37.4 Å². The number of rotatable bonds is 4. The number of hydrogen-bond donors (Lipinski definition) is 0. The number of aryl methyl sites for hydroxylation is 1. The average Bonchev–Trinajstić information content (AvgIpc) is 3.00. The second-order valence-corrected chi connectivity index (χ2v) is 6.61. The maximum absolute atomic E-state index is 13.9. The number of benzene rings is 1. The van der Waals surface area contributed by atoms with Gasteiger partial charge in [-0.25, -0.2) is 4.39 Å². The molecule has 6 heteroatoms. The number of aromatic nitrogens is 3. The molecular weight excluding hydrogens is 319 g/mol. The molecule has 5 nitrogen and oxygen atoms in total. The molecule has 0 saturated carbocycles. The molecule has 3 heterocycles. The first-order valence-electron chi connectivity index (χ1n) is 8.53. The predicted molar refractivity (Wildman–Crippen MR) is 93.7 cm³/mol. The quantitative estimate of drug-likeness (QED) is 0.732. The number of pyridine rings is 1. The Morgan fingerprint density at radius 3 is 3.12 bits per heavy atom. The molecule has 1 aromatic carbocycles. The van der Waals surface area contributed by atoms with Crippen LogP contribution in [0.4, 0.5) is 4.39 Å². The standard InChI is InChI=1S/C19H21FN4O/c1-14-9-22-24(10-14)13-18-12-23(5-6-25-18)11-16-8-17(20)7-15-3-2-4-21-19(15)16/h2-4,7-10,18H,5-6,11-13H2,1H3/t18-/m1/s1. The van der Waals surface area contributed by atoms with Crippen LogP contribution in [-0.2, 0) is 17.8 Å². The van der Waals surface area contributed by atoms with Crippen molar-refractivity contribution >= 4 is 10.9 Å². The van der Waals surface area contributed by atoms with Crippen LogP contribution < -0.4 is 0 Å². The van der Waals surface area contributed by atoms with Crippen molar-refractivity contribution < 1.29 is 9.13 Å². The summed E-state index contributed by atoms with van der Waals surface area (Å²) in [6.45, 7) is 5.73.